The van der Waals surface area contributed by atoms with Gasteiger partial charge >= 0.3 is 0 Å². The predicted molar refractivity (Wildman–Crippen MR) is 60.5 cm³/mol. The van der Waals surface area contributed by atoms with E-state index in [2.05, 4.69) is 5.32 Å². The molecule has 15 heavy (non-hydrogen) atoms. The molecule has 1 atom stereocenters. The van der Waals surface area contributed by atoms with Crippen LogP contribution in [0, 0.1) is 6.92 Å². The van der Waals surface area contributed by atoms with Crippen LogP contribution in [0.25, 0.3) is 0 Å². The fraction of sp³-hybridized carbons (Fsp3) is 0.364. The first-order valence-corrected chi connectivity index (χ1v) is 5.16. The van der Waals surface area contributed by atoms with Gasteiger partial charge in [0.25, 0.3) is 5.91 Å². The lowest BCUT2D eigenvalue weighted by Crippen LogP contribution is -2.28. The molecule has 0 saturated carbocycles. The van der Waals surface area contributed by atoms with Gasteiger partial charge in [0.1, 0.15) is 5.75 Å². The van der Waals surface area contributed by atoms with Crippen LogP contribution in [0.3, 0.4) is 0 Å². The first-order valence-electron chi connectivity index (χ1n) is 4.72. The van der Waals surface area contributed by atoms with Crippen LogP contribution in [-0.2, 0) is 0 Å². The summed E-state index contributed by atoms with van der Waals surface area (Å²) in [7, 11) is 0. The van der Waals surface area contributed by atoms with Gasteiger partial charge in [-0.3, -0.25) is 4.79 Å². The average Bonchev–Trinajstić information content (AvgIpc) is 2.18. The maximum absolute atomic E-state index is 11.6. The van der Waals surface area contributed by atoms with Gasteiger partial charge < -0.3 is 10.4 Å². The Morgan fingerprint density at radius 3 is 2.87 bits per heavy atom. The largest absolute Gasteiger partial charge is 0.507 e. The lowest BCUT2D eigenvalue weighted by atomic mass is 10.1. The molecule has 0 fully saturated rings. The summed E-state index contributed by atoms with van der Waals surface area (Å²) in [5.41, 5.74) is 1.21. The van der Waals surface area contributed by atoms with Crippen LogP contribution >= 0.6 is 11.6 Å². The van der Waals surface area contributed by atoms with Crippen molar-refractivity contribution in [3.63, 3.8) is 0 Å². The maximum Gasteiger partial charge on any atom is 0.255 e. The van der Waals surface area contributed by atoms with Gasteiger partial charge in [-0.1, -0.05) is 11.6 Å². The second-order valence-electron chi connectivity index (χ2n) is 3.51. The van der Waals surface area contributed by atoms with Crippen molar-refractivity contribution in [1.29, 1.82) is 0 Å². The van der Waals surface area contributed by atoms with Crippen molar-refractivity contribution >= 4 is 17.5 Å². The molecule has 82 valence electrons. The van der Waals surface area contributed by atoms with E-state index >= 15 is 0 Å². The van der Waals surface area contributed by atoms with Crippen molar-refractivity contribution in [2.75, 3.05) is 6.54 Å². The molecule has 0 radical (unpaired) electrons. The third-order valence-electron chi connectivity index (χ3n) is 1.94. The van der Waals surface area contributed by atoms with Crippen LogP contribution in [0.2, 0.25) is 0 Å². The molecule has 0 heterocycles. The highest BCUT2D eigenvalue weighted by molar-refractivity contribution is 6.20. The Bertz CT molecular complexity index is 364. The van der Waals surface area contributed by atoms with Gasteiger partial charge in [0.15, 0.2) is 0 Å². The number of carbonyl (C=O) groups excluding carboxylic acids is 1. The number of aryl methyl sites for hydroxylation is 1. The molecule has 0 saturated heterocycles. The molecule has 4 heteroatoms. The van der Waals surface area contributed by atoms with Crippen LogP contribution in [0.5, 0.6) is 5.75 Å². The molecular weight excluding hydrogens is 214 g/mol. The van der Waals surface area contributed by atoms with Crippen molar-refractivity contribution in [2.24, 2.45) is 0 Å². The number of nitrogens with one attached hydrogen (secondary N) is 1. The molecule has 1 unspecified atom stereocenters. The molecule has 0 aromatic heterocycles. The van der Waals surface area contributed by atoms with Crippen LogP contribution in [-0.4, -0.2) is 22.9 Å². The summed E-state index contributed by atoms with van der Waals surface area (Å²) in [6.45, 7) is 4.03. The molecule has 1 aromatic carbocycles. The number of phenols is 1. The van der Waals surface area contributed by atoms with Crippen LogP contribution < -0.4 is 5.32 Å². The number of benzene rings is 1. The highest BCUT2D eigenvalue weighted by Gasteiger charge is 2.11. The Morgan fingerprint density at radius 2 is 2.27 bits per heavy atom. The number of hydrogen-bond acceptors (Lipinski definition) is 2. The summed E-state index contributed by atoms with van der Waals surface area (Å²) < 4.78 is 0. The molecule has 0 bridgehead atoms. The van der Waals surface area contributed by atoms with Crippen LogP contribution in [0.1, 0.15) is 22.8 Å². The Morgan fingerprint density at radius 1 is 1.60 bits per heavy atom. The van der Waals surface area contributed by atoms with E-state index in [1.807, 2.05) is 6.92 Å². The third-order valence-corrected chi connectivity index (χ3v) is 2.09. The molecule has 2 N–H and O–H groups in total. The minimum Gasteiger partial charge on any atom is -0.507 e. The molecule has 1 aromatic rings. The Kier molecular flexibility index (Phi) is 3.97. The predicted octanol–water partition coefficient (Wildman–Crippen LogP) is 2.06. The van der Waals surface area contributed by atoms with Crippen LogP contribution in [0.4, 0.5) is 0 Å². The monoisotopic (exact) mass is 227 g/mol. The number of halogens is 1. The van der Waals surface area contributed by atoms with Crippen molar-refractivity contribution in [3.8, 4) is 5.75 Å². The number of aromatic hydroxyl groups is 1. The normalized spacial score (nSPS) is 12.2. The van der Waals surface area contributed by atoms with E-state index in [4.69, 9.17) is 11.6 Å². The Balaban J connectivity index is 2.77. The molecule has 0 aliphatic heterocycles. The fourth-order valence-electron chi connectivity index (χ4n) is 1.16. The van der Waals surface area contributed by atoms with Crippen LogP contribution in [0.15, 0.2) is 18.2 Å². The molecule has 1 amide bonds. The van der Waals surface area contributed by atoms with Crippen molar-refractivity contribution in [3.05, 3.63) is 29.3 Å². The van der Waals surface area contributed by atoms with E-state index in [0.717, 1.165) is 5.56 Å². The first kappa shape index (κ1) is 11.9. The van der Waals surface area contributed by atoms with Gasteiger partial charge in [-0.15, -0.1) is 11.6 Å². The lowest BCUT2D eigenvalue weighted by molar-refractivity contribution is 0.0951. The van der Waals surface area contributed by atoms with Gasteiger partial charge in [0, 0.05) is 11.9 Å². The van der Waals surface area contributed by atoms with E-state index in [1.165, 1.54) is 6.07 Å². The second-order valence-corrected chi connectivity index (χ2v) is 4.26. The highest BCUT2D eigenvalue weighted by Crippen LogP contribution is 2.17. The second kappa shape index (κ2) is 5.03. The molecule has 0 aliphatic carbocycles. The number of amides is 1. The molecular formula is C11H14ClNO2. The SMILES string of the molecule is Cc1ccc(O)c(C(=O)NCC(C)Cl)c1. The molecule has 0 spiro atoms. The highest BCUT2D eigenvalue weighted by atomic mass is 35.5. The quantitative estimate of drug-likeness (QED) is 0.777. The molecule has 1 rings (SSSR count). The zero-order valence-corrected chi connectivity index (χ0v) is 9.51. The Hall–Kier alpha value is -1.22. The average molecular weight is 228 g/mol. The summed E-state index contributed by atoms with van der Waals surface area (Å²) >= 11 is 5.70. The number of rotatable bonds is 3. The molecule has 0 aliphatic rings. The van der Waals surface area contributed by atoms with E-state index in [1.54, 1.807) is 19.1 Å². The fourth-order valence-corrected chi connectivity index (χ4v) is 1.24. The third kappa shape index (κ3) is 3.44. The van der Waals surface area contributed by atoms with Crippen molar-refractivity contribution in [1.82, 2.24) is 5.32 Å². The molecule has 3 nitrogen and oxygen atoms in total. The summed E-state index contributed by atoms with van der Waals surface area (Å²) in [4.78, 5) is 11.6. The van der Waals surface area contributed by atoms with E-state index < -0.39 is 0 Å². The zero-order chi connectivity index (χ0) is 11.4. The minimum atomic E-state index is -0.302. The van der Waals surface area contributed by atoms with Gasteiger partial charge in [-0.05, 0) is 26.0 Å². The van der Waals surface area contributed by atoms with Gasteiger partial charge in [-0.25, -0.2) is 0 Å². The minimum absolute atomic E-state index is 0.0136. The summed E-state index contributed by atoms with van der Waals surface area (Å²) in [6, 6.07) is 4.90. The van der Waals surface area contributed by atoms with E-state index in [-0.39, 0.29) is 22.6 Å². The number of carbonyl (C=O) groups is 1. The number of alkyl halides is 1. The standard InChI is InChI=1S/C11H14ClNO2/c1-7-3-4-10(14)9(5-7)11(15)13-6-8(2)12/h3-5,8,14H,6H2,1-2H3,(H,13,15). The zero-order valence-electron chi connectivity index (χ0n) is 8.75. The van der Waals surface area contributed by atoms with Gasteiger partial charge in [-0.2, -0.15) is 0 Å². The topological polar surface area (TPSA) is 49.3 Å². The number of hydrogen-bond donors (Lipinski definition) is 2. The van der Waals surface area contributed by atoms with Gasteiger partial charge in [0.05, 0.1) is 5.56 Å². The maximum atomic E-state index is 11.6. The number of phenolic OH excluding ortho intramolecular Hbond substituents is 1. The Labute approximate surface area is 94.1 Å². The summed E-state index contributed by atoms with van der Waals surface area (Å²) in [5, 5.41) is 12.0. The van der Waals surface area contributed by atoms with Crippen molar-refractivity contribution in [2.45, 2.75) is 19.2 Å². The lowest BCUT2D eigenvalue weighted by Gasteiger charge is -2.08. The van der Waals surface area contributed by atoms with Gasteiger partial charge in [0.2, 0.25) is 0 Å². The van der Waals surface area contributed by atoms with Crippen molar-refractivity contribution < 1.29 is 9.90 Å². The first-order chi connectivity index (χ1) is 7.00. The summed E-state index contributed by atoms with van der Waals surface area (Å²) in [5.74, 6) is -0.316. The van der Waals surface area contributed by atoms with E-state index in [0.29, 0.717) is 6.54 Å². The summed E-state index contributed by atoms with van der Waals surface area (Å²) in [6.07, 6.45) is 0. The smallest absolute Gasteiger partial charge is 0.255 e. The van der Waals surface area contributed by atoms with E-state index in [9.17, 15) is 9.90 Å².